The lowest BCUT2D eigenvalue weighted by atomic mass is 9.71. The van der Waals surface area contributed by atoms with Gasteiger partial charge in [-0.3, -0.25) is 0 Å². The summed E-state index contributed by atoms with van der Waals surface area (Å²) in [6, 6.07) is 73.1. The maximum atomic E-state index is 15.6. The molecule has 4 nitrogen and oxygen atoms in total. The van der Waals surface area contributed by atoms with E-state index < -0.39 is 34.3 Å². The van der Waals surface area contributed by atoms with Crippen LogP contribution in [0.2, 0.25) is 0 Å². The summed E-state index contributed by atoms with van der Waals surface area (Å²) in [5, 5.41) is 7.49. The van der Waals surface area contributed by atoms with Gasteiger partial charge in [-0.2, -0.15) is 26.3 Å². The number of hydrogen-bond donors (Lipinski definition) is 0. The van der Waals surface area contributed by atoms with Crippen molar-refractivity contribution in [1.29, 1.82) is 0 Å². The summed E-state index contributed by atoms with van der Waals surface area (Å²) < 4.78 is 103. The minimum absolute atomic E-state index is 0.269. The van der Waals surface area contributed by atoms with E-state index in [0.717, 1.165) is 111 Å². The van der Waals surface area contributed by atoms with Crippen molar-refractivity contribution in [2.45, 2.75) is 64.7 Å². The Morgan fingerprint density at radius 1 is 0.279 bits per heavy atom. The molecule has 0 saturated carbocycles. The molecule has 0 aliphatic carbocycles. The van der Waals surface area contributed by atoms with Crippen molar-refractivity contribution in [3.8, 4) is 45.0 Å². The maximum absolute atomic E-state index is 15.6. The van der Waals surface area contributed by atoms with Crippen molar-refractivity contribution in [1.82, 2.24) is 18.3 Å². The Morgan fingerprint density at radius 2 is 0.616 bits per heavy atom. The predicted octanol–water partition coefficient (Wildman–Crippen LogP) is 22.0. The first-order chi connectivity index (χ1) is 41.3. The first-order valence-corrected chi connectivity index (χ1v) is 28.9. The number of halogens is 6. The van der Waals surface area contributed by atoms with Crippen LogP contribution >= 0.6 is 0 Å². The molecular weight excluding hydrogens is 1080 g/mol. The van der Waals surface area contributed by atoms with Crippen LogP contribution in [-0.2, 0) is 23.2 Å². The molecule has 4 aromatic heterocycles. The Bertz CT molecular complexity index is 4950. The Kier molecular flexibility index (Phi) is 11.6. The van der Waals surface area contributed by atoms with Gasteiger partial charge in [-0.15, -0.1) is 0 Å². The normalized spacial score (nSPS) is 12.9. The lowest BCUT2D eigenvalue weighted by molar-refractivity contribution is -0.138. The topological polar surface area (TPSA) is 19.7 Å². The molecule has 11 aromatic carbocycles. The average Bonchev–Trinajstić information content (AvgIpc) is 1.41. The molecule has 0 radical (unpaired) electrons. The van der Waals surface area contributed by atoms with E-state index in [2.05, 4.69) is 136 Å². The third kappa shape index (κ3) is 7.91. The smallest absolute Gasteiger partial charge is 0.309 e. The van der Waals surface area contributed by atoms with Gasteiger partial charge in [0.1, 0.15) is 0 Å². The number of benzene rings is 11. The molecule has 422 valence electrons. The number of rotatable bonds is 6. The minimum atomic E-state index is -4.75. The van der Waals surface area contributed by atoms with Crippen LogP contribution in [0.5, 0.6) is 0 Å². The SMILES string of the molecule is CC(C)(C)c1c(-c2cccc(C(F)(F)F)c2)c(-n2c3ccccc3c3ccc4c(c5ccccc5n4-c4ccccc4)c32)c(C(C)(C)C)c(-n2c3ccccc3c3ccc4c(c5ccccc5n4-c4ccccc4)c32)c1-c1cccc(C(F)(F)F)c1. The summed E-state index contributed by atoms with van der Waals surface area (Å²) in [4.78, 5) is 0. The molecule has 0 atom stereocenters. The van der Waals surface area contributed by atoms with Crippen LogP contribution in [-0.4, -0.2) is 18.3 Å². The third-order valence-electron chi connectivity index (χ3n) is 17.3. The summed E-state index contributed by atoms with van der Waals surface area (Å²) in [5.41, 5.74) is 9.32. The van der Waals surface area contributed by atoms with E-state index in [1.807, 2.05) is 106 Å². The number of para-hydroxylation sites is 6. The number of nitrogens with zero attached hydrogens (tertiary/aromatic N) is 4. The molecule has 0 aliphatic heterocycles. The third-order valence-corrected chi connectivity index (χ3v) is 17.3. The van der Waals surface area contributed by atoms with Gasteiger partial charge in [0.15, 0.2) is 0 Å². The van der Waals surface area contributed by atoms with Gasteiger partial charge in [0.25, 0.3) is 0 Å². The van der Waals surface area contributed by atoms with Crippen LogP contribution in [0.1, 0.15) is 63.8 Å². The van der Waals surface area contributed by atoms with Crippen molar-refractivity contribution in [3.05, 3.63) is 253 Å². The highest BCUT2D eigenvalue weighted by atomic mass is 19.4. The molecule has 4 heterocycles. The maximum Gasteiger partial charge on any atom is 0.416 e. The first-order valence-electron chi connectivity index (χ1n) is 28.9. The van der Waals surface area contributed by atoms with Gasteiger partial charge in [0, 0.05) is 71.2 Å². The van der Waals surface area contributed by atoms with Gasteiger partial charge in [-0.25, -0.2) is 0 Å². The largest absolute Gasteiger partial charge is 0.416 e. The molecule has 0 aliphatic rings. The number of hydrogen-bond acceptors (Lipinski definition) is 0. The highest BCUT2D eigenvalue weighted by Crippen LogP contribution is 2.57. The number of aromatic nitrogens is 4. The fourth-order valence-corrected chi connectivity index (χ4v) is 14.1. The van der Waals surface area contributed by atoms with Crippen LogP contribution in [0.3, 0.4) is 0 Å². The molecule has 0 unspecified atom stereocenters. The molecule has 0 saturated heterocycles. The van der Waals surface area contributed by atoms with E-state index >= 15 is 26.3 Å². The van der Waals surface area contributed by atoms with Crippen LogP contribution in [0, 0.1) is 0 Å². The van der Waals surface area contributed by atoms with Crippen molar-refractivity contribution in [2.24, 2.45) is 0 Å². The Hall–Kier alpha value is -9.80. The molecule has 0 amide bonds. The van der Waals surface area contributed by atoms with Gasteiger partial charge in [0.05, 0.1) is 66.6 Å². The quantitative estimate of drug-likeness (QED) is 0.148. The molecule has 0 spiro atoms. The summed E-state index contributed by atoms with van der Waals surface area (Å²) in [7, 11) is 0. The van der Waals surface area contributed by atoms with Gasteiger partial charge in [-0.05, 0) is 112 Å². The zero-order chi connectivity index (χ0) is 59.3. The van der Waals surface area contributed by atoms with E-state index in [-0.39, 0.29) is 11.1 Å². The molecule has 0 N–H and O–H groups in total. The van der Waals surface area contributed by atoms with Crippen LogP contribution < -0.4 is 0 Å². The Labute approximate surface area is 492 Å². The summed E-state index contributed by atoms with van der Waals surface area (Å²) in [6.07, 6.45) is -9.50. The van der Waals surface area contributed by atoms with Crippen LogP contribution in [0.4, 0.5) is 26.3 Å². The number of alkyl halides is 6. The monoisotopic (exact) mass is 1140 g/mol. The van der Waals surface area contributed by atoms with Crippen LogP contribution in [0.25, 0.3) is 132 Å². The van der Waals surface area contributed by atoms with E-state index in [4.69, 9.17) is 0 Å². The van der Waals surface area contributed by atoms with E-state index in [1.165, 1.54) is 24.3 Å². The molecule has 0 fully saturated rings. The minimum Gasteiger partial charge on any atom is -0.309 e. The van der Waals surface area contributed by atoms with Crippen molar-refractivity contribution >= 4 is 87.2 Å². The fraction of sp³-hybridized carbons (Fsp3) is 0.132. The predicted molar refractivity (Wildman–Crippen MR) is 342 cm³/mol. The second kappa shape index (κ2) is 18.9. The summed E-state index contributed by atoms with van der Waals surface area (Å²) in [6.45, 7) is 12.4. The second-order valence-corrected chi connectivity index (χ2v) is 24.6. The van der Waals surface area contributed by atoms with Gasteiger partial charge in [0.2, 0.25) is 0 Å². The lowest BCUT2D eigenvalue weighted by Crippen LogP contribution is -2.25. The standard InChI is InChI=1S/C76H56F6N4/c1-73(2,3)67-63(45-23-21-25-47(43-45)75(77,78)79)71(85-57-35-17-13-31-51(57)53-39-41-61-65(69(53)85)55-33-15-19-37-59(55)83(61)49-27-9-7-10-28-49)68(74(4,5)6)72(64(67)46-24-22-26-48(44-46)76(80,81)82)86-58-36-18-14-32-52(58)54-40-42-62-66(70(54)86)56-34-16-20-38-60(56)84(62)50-29-11-8-12-30-50/h7-44H,1-6H3. The molecule has 0 bridgehead atoms. The van der Waals surface area contributed by atoms with E-state index in [1.54, 1.807) is 12.1 Å². The first kappa shape index (κ1) is 53.0. The second-order valence-electron chi connectivity index (χ2n) is 24.6. The van der Waals surface area contributed by atoms with Crippen molar-refractivity contribution < 1.29 is 26.3 Å². The van der Waals surface area contributed by atoms with Crippen LogP contribution in [0.15, 0.2) is 231 Å². The fourth-order valence-electron chi connectivity index (χ4n) is 14.1. The molecule has 15 aromatic rings. The zero-order valence-electron chi connectivity index (χ0n) is 48.0. The molecule has 15 rings (SSSR count). The Balaban J connectivity index is 1.28. The van der Waals surface area contributed by atoms with Gasteiger partial charge >= 0.3 is 12.4 Å². The number of fused-ring (bicyclic) bond motifs is 14. The highest BCUT2D eigenvalue weighted by Gasteiger charge is 2.41. The summed E-state index contributed by atoms with van der Waals surface area (Å²) >= 11 is 0. The van der Waals surface area contributed by atoms with E-state index in [0.29, 0.717) is 33.6 Å². The zero-order valence-corrected chi connectivity index (χ0v) is 48.0. The molecule has 86 heavy (non-hydrogen) atoms. The van der Waals surface area contributed by atoms with Gasteiger partial charge < -0.3 is 18.3 Å². The average molecular weight is 1140 g/mol. The lowest BCUT2D eigenvalue weighted by Gasteiger charge is -2.38. The summed E-state index contributed by atoms with van der Waals surface area (Å²) in [5.74, 6) is 0. The highest BCUT2D eigenvalue weighted by molar-refractivity contribution is 6.28. The molecular formula is C76H56F6N4. The van der Waals surface area contributed by atoms with Crippen molar-refractivity contribution in [2.75, 3.05) is 0 Å². The Morgan fingerprint density at radius 3 is 0.977 bits per heavy atom. The van der Waals surface area contributed by atoms with E-state index in [9.17, 15) is 0 Å². The van der Waals surface area contributed by atoms with Gasteiger partial charge in [-0.1, -0.05) is 187 Å². The molecule has 10 heteroatoms. The van der Waals surface area contributed by atoms with Crippen molar-refractivity contribution in [3.63, 3.8) is 0 Å².